The van der Waals surface area contributed by atoms with E-state index in [2.05, 4.69) is 12.2 Å². The number of nitrogens with one attached hydrogen (secondary N) is 1. The van der Waals surface area contributed by atoms with Crippen molar-refractivity contribution in [1.82, 2.24) is 10.2 Å². The van der Waals surface area contributed by atoms with E-state index in [4.69, 9.17) is 4.74 Å². The number of nitrogens with zero attached hydrogens (tertiary/aromatic N) is 1. The van der Waals surface area contributed by atoms with Gasteiger partial charge in [-0.05, 0) is 43.5 Å². The minimum Gasteiger partial charge on any atom is -0.496 e. The number of unbranched alkanes of at least 4 members (excludes halogenated alkanes) is 1. The summed E-state index contributed by atoms with van der Waals surface area (Å²) < 4.78 is 32.5. The van der Waals surface area contributed by atoms with E-state index in [0.29, 0.717) is 24.3 Å². The number of carbonyl (C=O) groups excluding carboxylic acids is 2. The summed E-state index contributed by atoms with van der Waals surface area (Å²) in [6.45, 7) is 4.34. The molecule has 2 aromatic rings. The van der Waals surface area contributed by atoms with Gasteiger partial charge in [-0.1, -0.05) is 37.6 Å². The highest BCUT2D eigenvalue weighted by atomic mass is 19.2. The van der Waals surface area contributed by atoms with E-state index in [-0.39, 0.29) is 18.2 Å². The molecule has 1 fully saturated rings. The molecule has 1 N–H and O–H groups in total. The van der Waals surface area contributed by atoms with E-state index in [1.165, 1.54) is 6.07 Å². The summed E-state index contributed by atoms with van der Waals surface area (Å²) in [5.41, 5.74) is 1.26. The van der Waals surface area contributed by atoms with Crippen molar-refractivity contribution in [3.63, 3.8) is 0 Å². The predicted molar refractivity (Wildman–Crippen MR) is 118 cm³/mol. The van der Waals surface area contributed by atoms with Crippen LogP contribution in [-0.2, 0) is 9.59 Å². The third-order valence-corrected chi connectivity index (χ3v) is 6.06. The van der Waals surface area contributed by atoms with Crippen LogP contribution in [0, 0.1) is 17.6 Å². The number of hydrogen-bond donors (Lipinski definition) is 1. The first kappa shape index (κ1) is 23.7. The van der Waals surface area contributed by atoms with Crippen LogP contribution in [0.25, 0.3) is 0 Å². The molecule has 0 spiro atoms. The van der Waals surface area contributed by atoms with E-state index in [1.807, 2.05) is 24.3 Å². The molecule has 7 heteroatoms. The van der Waals surface area contributed by atoms with E-state index < -0.39 is 29.6 Å². The number of methoxy groups -OCH3 is 1. The molecule has 3 rings (SSSR count). The molecule has 1 aliphatic heterocycles. The number of para-hydroxylation sites is 1. The first-order valence-corrected chi connectivity index (χ1v) is 11.0. The van der Waals surface area contributed by atoms with Gasteiger partial charge in [-0.25, -0.2) is 8.78 Å². The number of rotatable bonds is 8. The van der Waals surface area contributed by atoms with Gasteiger partial charge in [0.15, 0.2) is 11.6 Å². The summed E-state index contributed by atoms with van der Waals surface area (Å²) in [5, 5.41) is 2.93. The Morgan fingerprint density at radius 2 is 1.97 bits per heavy atom. The Labute approximate surface area is 187 Å². The van der Waals surface area contributed by atoms with Gasteiger partial charge in [0.05, 0.1) is 25.1 Å². The maximum absolute atomic E-state index is 13.7. The minimum absolute atomic E-state index is 0.0204. The van der Waals surface area contributed by atoms with Gasteiger partial charge in [-0.2, -0.15) is 0 Å². The van der Waals surface area contributed by atoms with E-state index >= 15 is 0 Å². The van der Waals surface area contributed by atoms with Crippen LogP contribution in [0.4, 0.5) is 8.78 Å². The Morgan fingerprint density at radius 1 is 1.22 bits per heavy atom. The van der Waals surface area contributed by atoms with E-state index in [9.17, 15) is 18.4 Å². The number of piperidine rings is 1. The van der Waals surface area contributed by atoms with Crippen LogP contribution < -0.4 is 10.1 Å². The van der Waals surface area contributed by atoms with Crippen LogP contribution in [0.1, 0.15) is 62.7 Å². The van der Waals surface area contributed by atoms with E-state index in [0.717, 1.165) is 30.5 Å². The summed E-state index contributed by atoms with van der Waals surface area (Å²) in [5.74, 6) is -1.96. The first-order valence-electron chi connectivity index (χ1n) is 11.0. The van der Waals surface area contributed by atoms with Crippen molar-refractivity contribution in [2.45, 2.75) is 51.6 Å². The van der Waals surface area contributed by atoms with Gasteiger partial charge in [0.1, 0.15) is 5.75 Å². The van der Waals surface area contributed by atoms with E-state index in [1.54, 1.807) is 18.9 Å². The fourth-order valence-corrected chi connectivity index (χ4v) is 4.30. The highest BCUT2D eigenvalue weighted by molar-refractivity contribution is 5.85. The molecule has 0 aromatic heterocycles. The van der Waals surface area contributed by atoms with Crippen molar-refractivity contribution in [2.24, 2.45) is 5.92 Å². The topological polar surface area (TPSA) is 58.6 Å². The lowest BCUT2D eigenvalue weighted by Crippen LogP contribution is -2.48. The van der Waals surface area contributed by atoms with Crippen LogP contribution in [0.2, 0.25) is 0 Å². The highest BCUT2D eigenvalue weighted by Crippen LogP contribution is 2.41. The largest absolute Gasteiger partial charge is 0.496 e. The molecule has 1 heterocycles. The Balaban J connectivity index is 1.91. The van der Waals surface area contributed by atoms with Gasteiger partial charge >= 0.3 is 0 Å². The van der Waals surface area contributed by atoms with Gasteiger partial charge in [-0.15, -0.1) is 0 Å². The molecule has 0 radical (unpaired) electrons. The number of likely N-dealkylation sites (tertiary alicyclic amines) is 1. The molecule has 3 atom stereocenters. The second-order valence-electron chi connectivity index (χ2n) is 8.18. The Bertz CT molecular complexity index is 966. The van der Waals surface area contributed by atoms with Crippen molar-refractivity contribution >= 4 is 11.8 Å². The molecule has 172 valence electrons. The van der Waals surface area contributed by atoms with Gasteiger partial charge < -0.3 is 15.0 Å². The Hall–Kier alpha value is -2.96. The normalized spacial score (nSPS) is 19.5. The smallest absolute Gasteiger partial charge is 0.226 e. The van der Waals surface area contributed by atoms with Crippen LogP contribution in [0.3, 0.4) is 0 Å². The molecule has 32 heavy (non-hydrogen) atoms. The minimum atomic E-state index is -0.954. The standard InChI is InChI=1S/C25H30F2N2O3/c1-4-5-14-29-23(30)13-11-19(24(29)18-8-6-7-9-22(18)32-3)25(31)28-16(2)17-10-12-20(26)21(27)15-17/h6-10,12,15-16,19,24H,4-5,11,13-14H2,1-3H3,(H,28,31). The lowest BCUT2D eigenvalue weighted by atomic mass is 9.82. The number of ether oxygens (including phenoxy) is 1. The van der Waals surface area contributed by atoms with Gasteiger partial charge in [-0.3, -0.25) is 9.59 Å². The number of halogens is 2. The van der Waals surface area contributed by atoms with Gasteiger partial charge in [0, 0.05) is 18.5 Å². The molecule has 0 aliphatic carbocycles. The van der Waals surface area contributed by atoms with Crippen LogP contribution in [0.15, 0.2) is 42.5 Å². The van der Waals surface area contributed by atoms with Crippen molar-refractivity contribution in [3.8, 4) is 5.75 Å². The first-order chi connectivity index (χ1) is 15.4. The predicted octanol–water partition coefficient (Wildman–Crippen LogP) is 4.93. The summed E-state index contributed by atoms with van der Waals surface area (Å²) in [4.78, 5) is 28.0. The highest BCUT2D eigenvalue weighted by Gasteiger charge is 2.41. The Morgan fingerprint density at radius 3 is 2.66 bits per heavy atom. The van der Waals surface area contributed by atoms with Gasteiger partial charge in [0.2, 0.25) is 11.8 Å². The summed E-state index contributed by atoms with van der Waals surface area (Å²) in [6, 6.07) is 10.1. The van der Waals surface area contributed by atoms with Crippen molar-refractivity contribution in [1.29, 1.82) is 0 Å². The second kappa shape index (κ2) is 10.6. The number of hydrogen-bond acceptors (Lipinski definition) is 3. The van der Waals surface area contributed by atoms with Crippen LogP contribution >= 0.6 is 0 Å². The molecule has 2 aromatic carbocycles. The SMILES string of the molecule is CCCCN1C(=O)CCC(C(=O)NC(C)c2ccc(F)c(F)c2)C1c1ccccc1OC. The average Bonchev–Trinajstić information content (AvgIpc) is 2.79. The molecular weight excluding hydrogens is 414 g/mol. The van der Waals surface area contributed by atoms with Crippen molar-refractivity contribution < 1.29 is 23.1 Å². The summed E-state index contributed by atoms with van der Waals surface area (Å²) >= 11 is 0. The number of carbonyl (C=O) groups is 2. The molecular formula is C25H30F2N2O3. The molecule has 0 bridgehead atoms. The number of benzene rings is 2. The zero-order chi connectivity index (χ0) is 23.3. The zero-order valence-electron chi connectivity index (χ0n) is 18.7. The molecule has 3 unspecified atom stereocenters. The molecule has 0 saturated carbocycles. The molecule has 5 nitrogen and oxygen atoms in total. The van der Waals surface area contributed by atoms with Crippen LogP contribution in [-0.4, -0.2) is 30.4 Å². The lowest BCUT2D eigenvalue weighted by molar-refractivity contribution is -0.143. The fraction of sp³-hybridized carbons (Fsp3) is 0.440. The summed E-state index contributed by atoms with van der Waals surface area (Å²) in [6.07, 6.45) is 2.44. The van der Waals surface area contributed by atoms with Crippen molar-refractivity contribution in [2.75, 3.05) is 13.7 Å². The van der Waals surface area contributed by atoms with Crippen LogP contribution in [0.5, 0.6) is 5.75 Å². The Kier molecular flexibility index (Phi) is 7.83. The third-order valence-electron chi connectivity index (χ3n) is 6.06. The number of amides is 2. The lowest BCUT2D eigenvalue weighted by Gasteiger charge is -2.41. The quantitative estimate of drug-likeness (QED) is 0.628. The molecule has 2 amide bonds. The van der Waals surface area contributed by atoms with Gasteiger partial charge in [0.25, 0.3) is 0 Å². The second-order valence-corrected chi connectivity index (χ2v) is 8.18. The molecule has 1 saturated heterocycles. The van der Waals surface area contributed by atoms with Crippen molar-refractivity contribution in [3.05, 3.63) is 65.2 Å². The third kappa shape index (κ3) is 5.09. The maximum Gasteiger partial charge on any atom is 0.226 e. The monoisotopic (exact) mass is 444 g/mol. The summed E-state index contributed by atoms with van der Waals surface area (Å²) in [7, 11) is 1.57. The average molecular weight is 445 g/mol. The molecule has 1 aliphatic rings. The maximum atomic E-state index is 13.7. The zero-order valence-corrected chi connectivity index (χ0v) is 18.7. The fourth-order valence-electron chi connectivity index (χ4n) is 4.30.